The summed E-state index contributed by atoms with van der Waals surface area (Å²) in [6.07, 6.45) is 7.14. The van der Waals surface area contributed by atoms with Gasteiger partial charge in [-0.15, -0.1) is 0 Å². The number of aromatic nitrogens is 1. The first-order chi connectivity index (χ1) is 18.4. The maximum atomic E-state index is 14.1. The minimum absolute atomic E-state index is 0.0530. The molecular formula is C31H35N3O4. The molecule has 198 valence electrons. The second kappa shape index (κ2) is 11.3. The first-order valence-corrected chi connectivity index (χ1v) is 13.5. The van der Waals surface area contributed by atoms with Crippen molar-refractivity contribution >= 4 is 17.7 Å². The van der Waals surface area contributed by atoms with Gasteiger partial charge in [0.15, 0.2) is 0 Å². The second-order valence-electron chi connectivity index (χ2n) is 10.5. The van der Waals surface area contributed by atoms with Crippen LogP contribution in [0.15, 0.2) is 60.9 Å². The van der Waals surface area contributed by atoms with Gasteiger partial charge >= 0.3 is 6.16 Å². The molecule has 1 N–H and O–H groups in total. The lowest BCUT2D eigenvalue weighted by atomic mass is 9.92. The van der Waals surface area contributed by atoms with Crippen molar-refractivity contribution in [3.8, 4) is 5.75 Å². The number of fused-ring (bicyclic) bond motifs is 1. The van der Waals surface area contributed by atoms with Crippen molar-refractivity contribution in [3.63, 3.8) is 0 Å². The number of aryl methyl sites for hydroxylation is 3. The predicted octanol–water partition coefficient (Wildman–Crippen LogP) is 6.19. The minimum atomic E-state index is -1.33. The number of piperidine rings is 1. The fourth-order valence-electron chi connectivity index (χ4n) is 6.10. The molecule has 0 spiro atoms. The Bertz CT molecular complexity index is 1280. The molecule has 0 saturated carbocycles. The number of anilines is 1. The number of carbonyl (C=O) groups excluding carboxylic acids is 1. The van der Waals surface area contributed by atoms with Gasteiger partial charge in [-0.25, -0.2) is 4.79 Å². The first kappa shape index (κ1) is 25.8. The van der Waals surface area contributed by atoms with Crippen LogP contribution in [-0.2, 0) is 6.42 Å². The van der Waals surface area contributed by atoms with Crippen LogP contribution in [0.25, 0.3) is 0 Å². The fourth-order valence-corrected chi connectivity index (χ4v) is 6.10. The molecule has 1 aliphatic heterocycles. The van der Waals surface area contributed by atoms with Crippen molar-refractivity contribution < 1.29 is 19.4 Å². The van der Waals surface area contributed by atoms with Gasteiger partial charge in [0.2, 0.25) is 0 Å². The predicted molar refractivity (Wildman–Crippen MR) is 147 cm³/mol. The number of pyridine rings is 1. The molecule has 2 aliphatic rings. The number of rotatable bonds is 7. The topological polar surface area (TPSA) is 83.0 Å². The molecule has 38 heavy (non-hydrogen) atoms. The SMILES string of the molecule is Cc1cccc(C)c1C(=O)N(CCC1CCN(c2ccncc2)CC1)C1CCc2ccc(OC(=O)O)cc21. The highest BCUT2D eigenvalue weighted by Crippen LogP contribution is 2.39. The van der Waals surface area contributed by atoms with E-state index in [2.05, 4.69) is 22.0 Å². The Morgan fingerprint density at radius 2 is 1.74 bits per heavy atom. The van der Waals surface area contributed by atoms with Crippen molar-refractivity contribution in [2.75, 3.05) is 24.5 Å². The van der Waals surface area contributed by atoms with Crippen LogP contribution in [0, 0.1) is 19.8 Å². The molecule has 1 atom stereocenters. The molecule has 0 radical (unpaired) electrons. The monoisotopic (exact) mass is 513 g/mol. The summed E-state index contributed by atoms with van der Waals surface area (Å²) in [5.41, 5.74) is 6.09. The summed E-state index contributed by atoms with van der Waals surface area (Å²) in [5, 5.41) is 9.12. The maximum Gasteiger partial charge on any atom is 0.511 e. The van der Waals surface area contributed by atoms with Crippen molar-refractivity contribution in [2.24, 2.45) is 5.92 Å². The Morgan fingerprint density at radius 1 is 1.03 bits per heavy atom. The number of carboxylic acid groups (broad SMARTS) is 1. The molecule has 7 nitrogen and oxygen atoms in total. The number of carbonyl (C=O) groups is 2. The Morgan fingerprint density at radius 3 is 2.42 bits per heavy atom. The summed E-state index contributed by atoms with van der Waals surface area (Å²) in [7, 11) is 0. The summed E-state index contributed by atoms with van der Waals surface area (Å²) in [6, 6.07) is 15.4. The fraction of sp³-hybridized carbons (Fsp3) is 0.387. The van der Waals surface area contributed by atoms with E-state index in [0.29, 0.717) is 18.2 Å². The van der Waals surface area contributed by atoms with E-state index in [0.717, 1.165) is 73.0 Å². The molecule has 1 saturated heterocycles. The van der Waals surface area contributed by atoms with Crippen LogP contribution in [0.3, 0.4) is 0 Å². The van der Waals surface area contributed by atoms with Crippen LogP contribution < -0.4 is 9.64 Å². The molecule has 1 aromatic heterocycles. The van der Waals surface area contributed by atoms with Gasteiger partial charge in [-0.1, -0.05) is 24.3 Å². The third kappa shape index (κ3) is 5.52. The number of nitrogens with zero attached hydrogens (tertiary/aromatic N) is 3. The van der Waals surface area contributed by atoms with E-state index >= 15 is 0 Å². The number of amides is 1. The average molecular weight is 514 g/mol. The van der Waals surface area contributed by atoms with E-state index in [-0.39, 0.29) is 11.9 Å². The molecule has 7 heteroatoms. The standard InChI is InChI=1S/C31H35N3O4/c1-21-4-3-5-22(2)29(21)30(35)34(28-9-7-24-6-8-26(20-27(24)28)38-31(36)37)19-14-23-12-17-33(18-13-23)25-10-15-32-16-11-25/h3-6,8,10-11,15-16,20,23,28H,7,9,12-14,17-19H2,1-2H3,(H,36,37). The number of benzene rings is 2. The van der Waals surface area contributed by atoms with Crippen molar-refractivity contribution in [2.45, 2.75) is 52.0 Å². The van der Waals surface area contributed by atoms with Crippen LogP contribution >= 0.6 is 0 Å². The zero-order valence-corrected chi connectivity index (χ0v) is 22.1. The van der Waals surface area contributed by atoms with Crippen molar-refractivity contribution in [1.82, 2.24) is 9.88 Å². The van der Waals surface area contributed by atoms with Gasteiger partial charge < -0.3 is 19.6 Å². The van der Waals surface area contributed by atoms with Gasteiger partial charge in [0, 0.05) is 43.3 Å². The van der Waals surface area contributed by atoms with Gasteiger partial charge in [-0.3, -0.25) is 9.78 Å². The van der Waals surface area contributed by atoms with Crippen molar-refractivity contribution in [1.29, 1.82) is 0 Å². The van der Waals surface area contributed by atoms with Gasteiger partial charge in [-0.2, -0.15) is 0 Å². The highest BCUT2D eigenvalue weighted by molar-refractivity contribution is 5.97. The highest BCUT2D eigenvalue weighted by Gasteiger charge is 2.34. The third-order valence-electron chi connectivity index (χ3n) is 8.12. The van der Waals surface area contributed by atoms with Crippen molar-refractivity contribution in [3.05, 3.63) is 88.7 Å². The Hall–Kier alpha value is -3.87. The van der Waals surface area contributed by atoms with Gasteiger partial charge in [0.05, 0.1) is 6.04 Å². The lowest BCUT2D eigenvalue weighted by molar-refractivity contribution is 0.0657. The zero-order valence-electron chi connectivity index (χ0n) is 22.1. The lowest BCUT2D eigenvalue weighted by Gasteiger charge is -2.36. The molecule has 5 rings (SSSR count). The van der Waals surface area contributed by atoms with Crippen LogP contribution in [0.4, 0.5) is 10.5 Å². The summed E-state index contributed by atoms with van der Waals surface area (Å²) < 4.78 is 4.96. The number of ether oxygens (including phenoxy) is 1. The van der Waals surface area contributed by atoms with Gasteiger partial charge in [0.1, 0.15) is 5.75 Å². The van der Waals surface area contributed by atoms with E-state index in [4.69, 9.17) is 9.84 Å². The smallest absolute Gasteiger partial charge is 0.449 e. The molecule has 1 aliphatic carbocycles. The summed E-state index contributed by atoms with van der Waals surface area (Å²) in [6.45, 7) is 6.66. The van der Waals surface area contributed by atoms with E-state index < -0.39 is 6.16 Å². The summed E-state index contributed by atoms with van der Waals surface area (Å²) in [4.78, 5) is 33.9. The minimum Gasteiger partial charge on any atom is -0.449 e. The molecule has 2 aromatic carbocycles. The first-order valence-electron chi connectivity index (χ1n) is 13.5. The summed E-state index contributed by atoms with van der Waals surface area (Å²) in [5.74, 6) is 0.896. The largest absolute Gasteiger partial charge is 0.511 e. The van der Waals surface area contributed by atoms with Crippen LogP contribution in [0.2, 0.25) is 0 Å². The molecule has 1 unspecified atom stereocenters. The van der Waals surface area contributed by atoms with Crippen LogP contribution in [0.1, 0.15) is 64.3 Å². The zero-order chi connectivity index (χ0) is 26.6. The molecule has 1 amide bonds. The highest BCUT2D eigenvalue weighted by atomic mass is 16.7. The van der Waals surface area contributed by atoms with E-state index in [9.17, 15) is 9.59 Å². The molecule has 1 fully saturated rings. The summed E-state index contributed by atoms with van der Waals surface area (Å²) >= 11 is 0. The Labute approximate surface area is 224 Å². The third-order valence-corrected chi connectivity index (χ3v) is 8.12. The average Bonchev–Trinajstić information content (AvgIpc) is 3.32. The van der Waals surface area contributed by atoms with E-state index in [1.54, 1.807) is 12.1 Å². The molecule has 0 bridgehead atoms. The van der Waals surface area contributed by atoms with Crippen LogP contribution in [0.5, 0.6) is 5.75 Å². The molecular weight excluding hydrogens is 478 g/mol. The Kier molecular flexibility index (Phi) is 7.63. The van der Waals surface area contributed by atoms with Gasteiger partial charge in [-0.05, 0) is 98.4 Å². The quantitative estimate of drug-likeness (QED) is 0.300. The van der Waals surface area contributed by atoms with Crippen LogP contribution in [-0.4, -0.2) is 46.7 Å². The molecule has 2 heterocycles. The van der Waals surface area contributed by atoms with E-state index in [1.807, 2.05) is 55.4 Å². The van der Waals surface area contributed by atoms with Gasteiger partial charge in [0.25, 0.3) is 5.91 Å². The second-order valence-corrected chi connectivity index (χ2v) is 10.5. The lowest BCUT2D eigenvalue weighted by Crippen LogP contribution is -2.38. The number of hydrogen-bond donors (Lipinski definition) is 1. The normalized spacial score (nSPS) is 17.2. The number of hydrogen-bond acceptors (Lipinski definition) is 5. The Balaban J connectivity index is 1.36. The maximum absolute atomic E-state index is 14.1. The van der Waals surface area contributed by atoms with E-state index in [1.165, 1.54) is 5.69 Å². The molecule has 3 aromatic rings.